The fourth-order valence-electron chi connectivity index (χ4n) is 3.10. The molecule has 8 nitrogen and oxygen atoms in total. The Labute approximate surface area is 185 Å². The van der Waals surface area contributed by atoms with Gasteiger partial charge in [-0.05, 0) is 35.9 Å². The molecular formula is C24H24O8. The Bertz CT molecular complexity index is 952. The van der Waals surface area contributed by atoms with Gasteiger partial charge in [0.1, 0.15) is 18.5 Å². The quantitative estimate of drug-likeness (QED) is 0.434. The lowest BCUT2D eigenvalue weighted by atomic mass is 10.0. The van der Waals surface area contributed by atoms with E-state index in [0.717, 1.165) is 5.56 Å². The molecule has 1 heterocycles. The Morgan fingerprint density at radius 1 is 1.06 bits per heavy atom. The van der Waals surface area contributed by atoms with Crippen molar-refractivity contribution in [1.82, 2.24) is 0 Å². The monoisotopic (exact) mass is 440 g/mol. The summed E-state index contributed by atoms with van der Waals surface area (Å²) in [7, 11) is 1.58. The van der Waals surface area contributed by atoms with Gasteiger partial charge in [-0.3, -0.25) is 4.79 Å². The molecule has 0 unspecified atom stereocenters. The first-order valence-corrected chi connectivity index (χ1v) is 9.99. The summed E-state index contributed by atoms with van der Waals surface area (Å²) >= 11 is 0. The van der Waals surface area contributed by atoms with Crippen molar-refractivity contribution in [2.24, 2.45) is 0 Å². The number of benzene rings is 2. The van der Waals surface area contributed by atoms with E-state index in [1.54, 1.807) is 49.6 Å². The maximum Gasteiger partial charge on any atom is 0.338 e. The Kier molecular flexibility index (Phi) is 7.99. The van der Waals surface area contributed by atoms with Crippen LogP contribution in [0.1, 0.15) is 22.8 Å². The zero-order valence-electron chi connectivity index (χ0n) is 17.8. The Balaban J connectivity index is 1.69. The standard InChI is InChI=1S/C24H24O8/c1-16(25)31-21(15-30-24(27)18-6-4-3-5-7-18)23-20(12-13-22(26)32-23)29-14-17-8-10-19(28-2)11-9-17/h3-13,20-21,23H,14-15H2,1-2H3/t20-,21-,23+/m1/s1. The summed E-state index contributed by atoms with van der Waals surface area (Å²) in [5, 5.41) is 0. The van der Waals surface area contributed by atoms with Crippen LogP contribution in [0, 0.1) is 0 Å². The van der Waals surface area contributed by atoms with Gasteiger partial charge in [0.25, 0.3) is 0 Å². The molecule has 0 amide bonds. The highest BCUT2D eigenvalue weighted by atomic mass is 16.6. The first-order chi connectivity index (χ1) is 15.5. The highest BCUT2D eigenvalue weighted by molar-refractivity contribution is 5.89. The average Bonchev–Trinajstić information content (AvgIpc) is 2.81. The third-order valence-electron chi connectivity index (χ3n) is 4.67. The molecule has 2 aromatic carbocycles. The Morgan fingerprint density at radius 3 is 2.44 bits per heavy atom. The highest BCUT2D eigenvalue weighted by Crippen LogP contribution is 2.21. The van der Waals surface area contributed by atoms with Crippen molar-refractivity contribution >= 4 is 17.9 Å². The number of ether oxygens (including phenoxy) is 5. The SMILES string of the molecule is COc1ccc(CO[C@@H]2C=CC(=O)O[C@@H]2[C@@H](COC(=O)c2ccccc2)OC(C)=O)cc1. The molecule has 8 heteroatoms. The van der Waals surface area contributed by atoms with E-state index in [1.807, 2.05) is 12.1 Å². The van der Waals surface area contributed by atoms with Crippen molar-refractivity contribution in [2.45, 2.75) is 31.8 Å². The van der Waals surface area contributed by atoms with Gasteiger partial charge in [0.15, 0.2) is 12.2 Å². The van der Waals surface area contributed by atoms with Gasteiger partial charge in [-0.1, -0.05) is 30.3 Å². The normalized spacial score (nSPS) is 18.4. The molecule has 1 aliphatic heterocycles. The van der Waals surface area contributed by atoms with E-state index in [9.17, 15) is 14.4 Å². The van der Waals surface area contributed by atoms with Crippen LogP contribution >= 0.6 is 0 Å². The Hall–Kier alpha value is -3.65. The fourth-order valence-corrected chi connectivity index (χ4v) is 3.10. The maximum atomic E-state index is 12.3. The molecule has 0 spiro atoms. The van der Waals surface area contributed by atoms with Crippen molar-refractivity contribution in [1.29, 1.82) is 0 Å². The Morgan fingerprint density at radius 2 is 1.78 bits per heavy atom. The van der Waals surface area contributed by atoms with E-state index in [1.165, 1.54) is 19.1 Å². The van der Waals surface area contributed by atoms with E-state index in [4.69, 9.17) is 23.7 Å². The third kappa shape index (κ3) is 6.42. The molecule has 0 bridgehead atoms. The van der Waals surface area contributed by atoms with Gasteiger partial charge >= 0.3 is 17.9 Å². The van der Waals surface area contributed by atoms with Crippen molar-refractivity contribution in [3.05, 3.63) is 77.9 Å². The molecule has 2 aromatic rings. The molecule has 0 radical (unpaired) electrons. The molecule has 1 aliphatic rings. The van der Waals surface area contributed by atoms with Crippen LogP contribution in [0.3, 0.4) is 0 Å². The summed E-state index contributed by atoms with van der Waals surface area (Å²) in [6.45, 7) is 1.13. The van der Waals surface area contributed by atoms with Crippen molar-refractivity contribution in [3.8, 4) is 5.75 Å². The van der Waals surface area contributed by atoms with Crippen molar-refractivity contribution in [2.75, 3.05) is 13.7 Å². The summed E-state index contributed by atoms with van der Waals surface area (Å²) in [5.74, 6) is -1.08. The molecule has 3 atom stereocenters. The minimum Gasteiger partial charge on any atom is -0.497 e. The van der Waals surface area contributed by atoms with Crippen molar-refractivity contribution in [3.63, 3.8) is 0 Å². The topological polar surface area (TPSA) is 97.4 Å². The molecule has 32 heavy (non-hydrogen) atoms. The summed E-state index contributed by atoms with van der Waals surface area (Å²) in [6, 6.07) is 15.7. The fraction of sp³-hybridized carbons (Fsp3) is 0.292. The summed E-state index contributed by atoms with van der Waals surface area (Å²) in [5.41, 5.74) is 1.22. The lowest BCUT2D eigenvalue weighted by molar-refractivity contribution is -0.180. The van der Waals surface area contributed by atoms with Crippen LogP contribution in [-0.4, -0.2) is 49.9 Å². The van der Waals surface area contributed by atoms with Gasteiger partial charge in [0.2, 0.25) is 0 Å². The van der Waals surface area contributed by atoms with Crippen LogP contribution in [-0.2, 0) is 35.1 Å². The zero-order valence-corrected chi connectivity index (χ0v) is 17.8. The van der Waals surface area contributed by atoms with E-state index < -0.39 is 36.2 Å². The highest BCUT2D eigenvalue weighted by Gasteiger charge is 2.38. The van der Waals surface area contributed by atoms with Crippen LogP contribution in [0.5, 0.6) is 5.75 Å². The largest absolute Gasteiger partial charge is 0.497 e. The average molecular weight is 440 g/mol. The van der Waals surface area contributed by atoms with Crippen LogP contribution in [0.15, 0.2) is 66.7 Å². The van der Waals surface area contributed by atoms with Crippen LogP contribution in [0.2, 0.25) is 0 Å². The first-order valence-electron chi connectivity index (χ1n) is 9.99. The number of esters is 3. The van der Waals surface area contributed by atoms with Gasteiger partial charge in [0.05, 0.1) is 19.3 Å². The predicted molar refractivity (Wildman–Crippen MR) is 113 cm³/mol. The van der Waals surface area contributed by atoms with Gasteiger partial charge in [-0.15, -0.1) is 0 Å². The minimum absolute atomic E-state index is 0.212. The molecule has 0 saturated heterocycles. The van der Waals surface area contributed by atoms with Crippen LogP contribution in [0.4, 0.5) is 0 Å². The molecular weight excluding hydrogens is 416 g/mol. The molecule has 0 N–H and O–H groups in total. The molecule has 0 saturated carbocycles. The van der Waals surface area contributed by atoms with Gasteiger partial charge < -0.3 is 23.7 Å². The van der Waals surface area contributed by atoms with E-state index in [2.05, 4.69) is 0 Å². The number of rotatable bonds is 9. The molecule has 0 aliphatic carbocycles. The summed E-state index contributed by atoms with van der Waals surface area (Å²) in [4.78, 5) is 35.9. The lowest BCUT2D eigenvalue weighted by Crippen LogP contribution is -2.48. The first kappa shape index (κ1) is 23.0. The smallest absolute Gasteiger partial charge is 0.338 e. The number of carbonyl (C=O) groups excluding carboxylic acids is 3. The minimum atomic E-state index is -1.05. The van der Waals surface area contributed by atoms with Gasteiger partial charge in [0, 0.05) is 13.0 Å². The lowest BCUT2D eigenvalue weighted by Gasteiger charge is -2.32. The number of cyclic esters (lactones) is 1. The van der Waals surface area contributed by atoms with Crippen LogP contribution < -0.4 is 4.74 Å². The second kappa shape index (κ2) is 11.1. The number of hydrogen-bond donors (Lipinski definition) is 0. The van der Waals surface area contributed by atoms with Gasteiger partial charge in [-0.25, -0.2) is 9.59 Å². The number of methoxy groups -OCH3 is 1. The third-order valence-corrected chi connectivity index (χ3v) is 4.67. The summed E-state index contributed by atoms with van der Waals surface area (Å²) < 4.78 is 27.1. The van der Waals surface area contributed by atoms with E-state index in [0.29, 0.717) is 11.3 Å². The second-order valence-electron chi connectivity index (χ2n) is 7.00. The summed E-state index contributed by atoms with van der Waals surface area (Å²) in [6.07, 6.45) is 0.0358. The van der Waals surface area contributed by atoms with Crippen molar-refractivity contribution < 1.29 is 38.1 Å². The molecule has 0 aromatic heterocycles. The number of hydrogen-bond acceptors (Lipinski definition) is 8. The van der Waals surface area contributed by atoms with Crippen LogP contribution in [0.25, 0.3) is 0 Å². The molecule has 168 valence electrons. The molecule has 0 fully saturated rings. The molecule has 3 rings (SSSR count). The second-order valence-corrected chi connectivity index (χ2v) is 7.00. The van der Waals surface area contributed by atoms with E-state index >= 15 is 0 Å². The van der Waals surface area contributed by atoms with Gasteiger partial charge in [-0.2, -0.15) is 0 Å². The predicted octanol–water partition coefficient (Wildman–Crippen LogP) is 2.85. The maximum absolute atomic E-state index is 12.3. The number of carbonyl (C=O) groups is 3. The van der Waals surface area contributed by atoms with E-state index in [-0.39, 0.29) is 13.2 Å². The zero-order chi connectivity index (χ0) is 22.9.